The second-order valence-corrected chi connectivity index (χ2v) is 5.97. The maximum absolute atomic E-state index is 12.8. The molecule has 22 heavy (non-hydrogen) atoms. The number of primary amides is 1. The monoisotopic (exact) mass is 304 g/mol. The number of hydrogen-bond acceptors (Lipinski definition) is 3. The van der Waals surface area contributed by atoms with Crippen LogP contribution in [0.5, 0.6) is 5.75 Å². The molecule has 5 heteroatoms. The van der Waals surface area contributed by atoms with Crippen LogP contribution in [-0.2, 0) is 15.0 Å². The number of nitrogens with two attached hydrogens (primary N) is 1. The molecule has 0 aliphatic heterocycles. The molecule has 1 aromatic rings. The van der Waals surface area contributed by atoms with E-state index in [0.29, 0.717) is 0 Å². The Morgan fingerprint density at radius 1 is 1.18 bits per heavy atom. The Morgan fingerprint density at radius 2 is 1.77 bits per heavy atom. The topological polar surface area (TPSA) is 81.4 Å². The van der Waals surface area contributed by atoms with Crippen LogP contribution < -0.4 is 15.8 Å². The highest BCUT2D eigenvalue weighted by Gasteiger charge is 2.41. The first kappa shape index (κ1) is 16.3. The molecule has 1 aliphatic rings. The molecule has 120 valence electrons. The van der Waals surface area contributed by atoms with E-state index < -0.39 is 17.4 Å². The Kier molecular flexibility index (Phi) is 5.06. The molecule has 2 rings (SSSR count). The van der Waals surface area contributed by atoms with E-state index in [1.807, 2.05) is 24.3 Å². The molecule has 0 unspecified atom stereocenters. The van der Waals surface area contributed by atoms with Gasteiger partial charge in [0.15, 0.2) is 0 Å². The minimum atomic E-state index is -0.662. The van der Waals surface area contributed by atoms with Gasteiger partial charge in [0.25, 0.3) is 0 Å². The Balaban J connectivity index is 2.30. The number of nitrogens with one attached hydrogen (secondary N) is 1. The maximum atomic E-state index is 12.8. The van der Waals surface area contributed by atoms with Crippen LogP contribution in [0.1, 0.15) is 44.6 Å². The van der Waals surface area contributed by atoms with Crippen molar-refractivity contribution in [2.24, 2.45) is 5.73 Å². The minimum Gasteiger partial charge on any atom is -0.497 e. The van der Waals surface area contributed by atoms with E-state index in [2.05, 4.69) is 5.32 Å². The molecule has 1 saturated carbocycles. The summed E-state index contributed by atoms with van der Waals surface area (Å²) in [6.45, 7) is 1.62. The van der Waals surface area contributed by atoms with Gasteiger partial charge < -0.3 is 15.8 Å². The largest absolute Gasteiger partial charge is 0.497 e. The van der Waals surface area contributed by atoms with E-state index >= 15 is 0 Å². The molecule has 0 spiro atoms. The lowest BCUT2D eigenvalue weighted by atomic mass is 9.68. The van der Waals surface area contributed by atoms with Gasteiger partial charge in [0, 0.05) is 0 Å². The zero-order valence-electron chi connectivity index (χ0n) is 13.2. The molecule has 3 N–H and O–H groups in total. The first-order valence-electron chi connectivity index (χ1n) is 7.74. The third kappa shape index (κ3) is 3.24. The molecule has 1 aliphatic carbocycles. The van der Waals surface area contributed by atoms with Crippen molar-refractivity contribution in [3.8, 4) is 5.75 Å². The summed E-state index contributed by atoms with van der Waals surface area (Å²) in [6.07, 6.45) is 4.72. The normalized spacial score (nSPS) is 18.3. The summed E-state index contributed by atoms with van der Waals surface area (Å²) in [5, 5.41) is 2.77. The van der Waals surface area contributed by atoms with Crippen molar-refractivity contribution >= 4 is 11.8 Å². The molecule has 0 bridgehead atoms. The number of amides is 2. The first-order chi connectivity index (χ1) is 10.5. The first-order valence-corrected chi connectivity index (χ1v) is 7.74. The predicted octanol–water partition coefficient (Wildman–Crippen LogP) is 1.89. The number of benzene rings is 1. The van der Waals surface area contributed by atoms with Gasteiger partial charge in [0.1, 0.15) is 11.8 Å². The molecule has 1 atom stereocenters. The fourth-order valence-corrected chi connectivity index (χ4v) is 3.12. The average Bonchev–Trinajstić information content (AvgIpc) is 2.55. The minimum absolute atomic E-state index is 0.108. The van der Waals surface area contributed by atoms with E-state index in [-0.39, 0.29) is 5.91 Å². The van der Waals surface area contributed by atoms with E-state index in [0.717, 1.165) is 43.4 Å². The van der Waals surface area contributed by atoms with E-state index in [1.165, 1.54) is 0 Å². The number of carbonyl (C=O) groups excluding carboxylic acids is 2. The van der Waals surface area contributed by atoms with Crippen LogP contribution in [0.25, 0.3) is 0 Å². The van der Waals surface area contributed by atoms with Crippen molar-refractivity contribution < 1.29 is 14.3 Å². The van der Waals surface area contributed by atoms with E-state index in [9.17, 15) is 9.59 Å². The lowest BCUT2D eigenvalue weighted by Gasteiger charge is -2.37. The van der Waals surface area contributed by atoms with Crippen LogP contribution >= 0.6 is 0 Å². The maximum Gasteiger partial charge on any atom is 0.239 e. The molecule has 0 saturated heterocycles. The second-order valence-electron chi connectivity index (χ2n) is 5.97. The van der Waals surface area contributed by atoms with Gasteiger partial charge in [-0.25, -0.2) is 0 Å². The highest BCUT2D eigenvalue weighted by Crippen LogP contribution is 2.40. The van der Waals surface area contributed by atoms with Gasteiger partial charge in [-0.15, -0.1) is 0 Å². The summed E-state index contributed by atoms with van der Waals surface area (Å²) in [5.74, 6) is 0.137. The van der Waals surface area contributed by atoms with Crippen molar-refractivity contribution in [3.05, 3.63) is 29.8 Å². The lowest BCUT2D eigenvalue weighted by Crippen LogP contribution is -2.51. The average molecular weight is 304 g/mol. The molecular formula is C17H24N2O3. The van der Waals surface area contributed by atoms with Gasteiger partial charge in [0.2, 0.25) is 11.8 Å². The van der Waals surface area contributed by atoms with Gasteiger partial charge in [-0.3, -0.25) is 9.59 Å². The van der Waals surface area contributed by atoms with Crippen molar-refractivity contribution in [3.63, 3.8) is 0 Å². The van der Waals surface area contributed by atoms with Gasteiger partial charge in [-0.05, 0) is 37.5 Å². The Morgan fingerprint density at radius 3 is 2.27 bits per heavy atom. The number of rotatable bonds is 5. The van der Waals surface area contributed by atoms with Crippen molar-refractivity contribution in [2.75, 3.05) is 7.11 Å². The standard InChI is InChI=1S/C17H24N2O3/c1-12(15(18)20)19-16(21)17(10-4-3-5-11-17)13-6-8-14(22-2)9-7-13/h6-9,12H,3-5,10-11H2,1-2H3,(H2,18,20)(H,19,21)/t12-/m1/s1. The Labute approximate surface area is 131 Å². The van der Waals surface area contributed by atoms with Crippen LogP contribution in [0.2, 0.25) is 0 Å². The predicted molar refractivity (Wildman–Crippen MR) is 84.6 cm³/mol. The summed E-state index contributed by atoms with van der Waals surface area (Å²) in [4.78, 5) is 24.1. The molecule has 2 amide bonds. The zero-order chi connectivity index (χ0) is 16.2. The van der Waals surface area contributed by atoms with Crippen LogP contribution in [0, 0.1) is 0 Å². The third-order valence-electron chi connectivity index (χ3n) is 4.56. The summed E-state index contributed by atoms with van der Waals surface area (Å²) in [5.41, 5.74) is 5.66. The fourth-order valence-electron chi connectivity index (χ4n) is 3.12. The smallest absolute Gasteiger partial charge is 0.239 e. The Bertz CT molecular complexity index is 533. The SMILES string of the molecule is COc1ccc(C2(C(=O)N[C@H](C)C(N)=O)CCCCC2)cc1. The number of methoxy groups -OCH3 is 1. The number of ether oxygens (including phenoxy) is 1. The van der Waals surface area contributed by atoms with Crippen LogP contribution in [0.15, 0.2) is 24.3 Å². The molecule has 1 aromatic carbocycles. The second kappa shape index (κ2) is 6.81. The quantitative estimate of drug-likeness (QED) is 0.871. The van der Waals surface area contributed by atoms with Gasteiger partial charge in [-0.1, -0.05) is 31.4 Å². The molecule has 5 nitrogen and oxygen atoms in total. The molecular weight excluding hydrogens is 280 g/mol. The van der Waals surface area contributed by atoms with Crippen molar-refractivity contribution in [1.82, 2.24) is 5.32 Å². The molecule has 0 heterocycles. The van der Waals surface area contributed by atoms with Crippen LogP contribution in [0.3, 0.4) is 0 Å². The van der Waals surface area contributed by atoms with Crippen molar-refractivity contribution in [1.29, 1.82) is 0 Å². The van der Waals surface area contributed by atoms with E-state index in [4.69, 9.17) is 10.5 Å². The molecule has 0 radical (unpaired) electrons. The lowest BCUT2D eigenvalue weighted by molar-refractivity contribution is -0.131. The number of carbonyl (C=O) groups is 2. The third-order valence-corrected chi connectivity index (χ3v) is 4.56. The van der Waals surface area contributed by atoms with Crippen molar-refractivity contribution in [2.45, 2.75) is 50.5 Å². The van der Waals surface area contributed by atoms with Crippen LogP contribution in [0.4, 0.5) is 0 Å². The van der Waals surface area contributed by atoms with Gasteiger partial charge in [0.05, 0.1) is 12.5 Å². The summed E-state index contributed by atoms with van der Waals surface area (Å²) in [6, 6.07) is 6.97. The summed E-state index contributed by atoms with van der Waals surface area (Å²) < 4.78 is 5.18. The molecule has 1 fully saturated rings. The fraction of sp³-hybridized carbons (Fsp3) is 0.529. The summed E-state index contributed by atoms with van der Waals surface area (Å²) in [7, 11) is 1.62. The van der Waals surface area contributed by atoms with Gasteiger partial charge in [-0.2, -0.15) is 0 Å². The van der Waals surface area contributed by atoms with Crippen LogP contribution in [-0.4, -0.2) is 25.0 Å². The number of hydrogen-bond donors (Lipinski definition) is 2. The van der Waals surface area contributed by atoms with E-state index in [1.54, 1.807) is 14.0 Å². The highest BCUT2D eigenvalue weighted by atomic mass is 16.5. The Hall–Kier alpha value is -2.04. The molecule has 0 aromatic heterocycles. The van der Waals surface area contributed by atoms with Gasteiger partial charge >= 0.3 is 0 Å². The summed E-state index contributed by atoms with van der Waals surface area (Å²) >= 11 is 0. The zero-order valence-corrected chi connectivity index (χ0v) is 13.2. The highest BCUT2D eigenvalue weighted by molar-refractivity contribution is 5.92.